The van der Waals surface area contributed by atoms with E-state index in [0.29, 0.717) is 13.1 Å². The van der Waals surface area contributed by atoms with Gasteiger partial charge in [-0.25, -0.2) is 8.42 Å². The number of carbonyl (C=O) groups excluding carboxylic acids is 1. The minimum absolute atomic E-state index is 0.0339. The van der Waals surface area contributed by atoms with Crippen LogP contribution in [0.25, 0.3) is 0 Å². The molecule has 0 unspecified atom stereocenters. The molecule has 1 saturated heterocycles. The van der Waals surface area contributed by atoms with Crippen LogP contribution >= 0.6 is 11.3 Å². The van der Waals surface area contributed by atoms with E-state index in [-0.39, 0.29) is 21.1 Å². The monoisotopic (exact) mass is 410 g/mol. The summed E-state index contributed by atoms with van der Waals surface area (Å²) in [4.78, 5) is 22.9. The number of rotatable bonds is 6. The van der Waals surface area contributed by atoms with Crippen molar-refractivity contribution in [3.05, 3.63) is 50.7 Å². The molecular weight excluding hydrogens is 392 g/mol. The quantitative estimate of drug-likeness (QED) is 0.558. The third-order valence-electron chi connectivity index (χ3n) is 4.18. The van der Waals surface area contributed by atoms with Gasteiger partial charge in [-0.1, -0.05) is 18.6 Å². The zero-order chi connectivity index (χ0) is 19.4. The van der Waals surface area contributed by atoms with Gasteiger partial charge in [0.15, 0.2) is 0 Å². The first-order chi connectivity index (χ1) is 12.9. The smallest absolute Gasteiger partial charge is 0.292 e. The predicted molar refractivity (Wildman–Crippen MR) is 101 cm³/mol. The minimum atomic E-state index is -3.75. The molecule has 1 fully saturated rings. The lowest BCUT2D eigenvalue weighted by molar-refractivity contribution is -0.384. The summed E-state index contributed by atoms with van der Waals surface area (Å²) in [5.74, 6) is -0.668. The van der Waals surface area contributed by atoms with Crippen molar-refractivity contribution in [2.45, 2.75) is 24.2 Å². The highest BCUT2D eigenvalue weighted by molar-refractivity contribution is 7.89. The Kier molecular flexibility index (Phi) is 5.73. The fourth-order valence-corrected chi connectivity index (χ4v) is 5.64. The molecule has 2 aromatic rings. The molecule has 27 heavy (non-hydrogen) atoms. The van der Waals surface area contributed by atoms with Crippen molar-refractivity contribution in [2.24, 2.45) is 0 Å². The van der Waals surface area contributed by atoms with Crippen LogP contribution in [0.4, 0.5) is 11.4 Å². The number of hydrazine groups is 1. The topological polar surface area (TPSA) is 122 Å². The van der Waals surface area contributed by atoms with Crippen LogP contribution in [0.15, 0.2) is 40.6 Å². The first-order valence-corrected chi connectivity index (χ1v) is 10.6. The Bertz CT molecular complexity index is 951. The third kappa shape index (κ3) is 4.10. The summed E-state index contributed by atoms with van der Waals surface area (Å²) in [6.45, 7) is 0.876. The van der Waals surface area contributed by atoms with Crippen molar-refractivity contribution in [1.29, 1.82) is 0 Å². The second-order valence-electron chi connectivity index (χ2n) is 5.93. The Labute approximate surface area is 160 Å². The number of anilines is 1. The number of para-hydroxylation sites is 2. The van der Waals surface area contributed by atoms with Gasteiger partial charge in [-0.3, -0.25) is 25.8 Å². The maximum atomic E-state index is 12.8. The fourth-order valence-electron chi connectivity index (χ4n) is 2.83. The zero-order valence-electron chi connectivity index (χ0n) is 14.3. The van der Waals surface area contributed by atoms with Crippen LogP contribution < -0.4 is 10.9 Å². The molecule has 0 atom stereocenters. The van der Waals surface area contributed by atoms with Crippen molar-refractivity contribution < 1.29 is 18.1 Å². The zero-order valence-corrected chi connectivity index (χ0v) is 15.9. The summed E-state index contributed by atoms with van der Waals surface area (Å²) < 4.78 is 27.1. The number of amides is 1. The normalized spacial score (nSPS) is 15.3. The second kappa shape index (κ2) is 8.03. The number of thiophene rings is 1. The van der Waals surface area contributed by atoms with E-state index in [4.69, 9.17) is 0 Å². The Morgan fingerprint density at radius 3 is 2.56 bits per heavy atom. The number of nitro benzene ring substituents is 1. The molecule has 0 aliphatic carbocycles. The molecule has 1 aliphatic heterocycles. The highest BCUT2D eigenvalue weighted by atomic mass is 32.2. The van der Waals surface area contributed by atoms with Crippen LogP contribution in [-0.2, 0) is 10.0 Å². The van der Waals surface area contributed by atoms with Crippen molar-refractivity contribution in [3.8, 4) is 0 Å². The standard InChI is InChI=1S/C16H18N4O5S2/c21-16(18-17-12-6-2-3-7-13(12)20(22)23)15-14(8-11-26-15)27(24,25)19-9-4-1-5-10-19/h2-3,6-8,11,17H,1,4-5,9-10H2,(H,18,21). The summed E-state index contributed by atoms with van der Waals surface area (Å²) in [7, 11) is -3.75. The second-order valence-corrected chi connectivity index (χ2v) is 8.75. The van der Waals surface area contributed by atoms with Gasteiger partial charge in [0.25, 0.3) is 11.6 Å². The summed E-state index contributed by atoms with van der Waals surface area (Å²) >= 11 is 1.00. The Balaban J connectivity index is 1.78. The Hall–Kier alpha value is -2.50. The summed E-state index contributed by atoms with van der Waals surface area (Å²) in [6, 6.07) is 7.24. The molecule has 0 radical (unpaired) electrons. The lowest BCUT2D eigenvalue weighted by Gasteiger charge is -2.25. The number of hydrogen-bond donors (Lipinski definition) is 2. The predicted octanol–water partition coefficient (Wildman–Crippen LogP) is 2.59. The highest BCUT2D eigenvalue weighted by Crippen LogP contribution is 2.28. The van der Waals surface area contributed by atoms with E-state index >= 15 is 0 Å². The van der Waals surface area contributed by atoms with E-state index in [9.17, 15) is 23.3 Å². The lowest BCUT2D eigenvalue weighted by Crippen LogP contribution is -2.37. The first kappa shape index (κ1) is 19.3. The Morgan fingerprint density at radius 1 is 1.15 bits per heavy atom. The highest BCUT2D eigenvalue weighted by Gasteiger charge is 2.31. The molecule has 9 nitrogen and oxygen atoms in total. The van der Waals surface area contributed by atoms with Gasteiger partial charge < -0.3 is 0 Å². The van der Waals surface area contributed by atoms with Gasteiger partial charge in [0, 0.05) is 19.2 Å². The molecule has 144 valence electrons. The van der Waals surface area contributed by atoms with E-state index in [1.165, 1.54) is 34.0 Å². The molecule has 0 spiro atoms. The van der Waals surface area contributed by atoms with E-state index < -0.39 is 20.9 Å². The van der Waals surface area contributed by atoms with Crippen LogP contribution in [-0.4, -0.2) is 36.6 Å². The van der Waals surface area contributed by atoms with Crippen molar-refractivity contribution in [1.82, 2.24) is 9.73 Å². The number of benzene rings is 1. The maximum absolute atomic E-state index is 12.8. The maximum Gasteiger partial charge on any atom is 0.294 e. The fraction of sp³-hybridized carbons (Fsp3) is 0.312. The number of nitrogens with zero attached hydrogens (tertiary/aromatic N) is 2. The molecule has 1 aromatic carbocycles. The molecule has 0 bridgehead atoms. The van der Waals surface area contributed by atoms with Crippen molar-refractivity contribution in [3.63, 3.8) is 0 Å². The van der Waals surface area contributed by atoms with Crippen LogP contribution in [0.2, 0.25) is 0 Å². The van der Waals surface area contributed by atoms with Gasteiger partial charge in [-0.05, 0) is 30.4 Å². The SMILES string of the molecule is O=C(NNc1ccccc1[N+](=O)[O-])c1sccc1S(=O)(=O)N1CCCCC1. The molecule has 1 aromatic heterocycles. The Morgan fingerprint density at radius 2 is 1.85 bits per heavy atom. The van der Waals surface area contributed by atoms with Crippen LogP contribution in [0.1, 0.15) is 28.9 Å². The van der Waals surface area contributed by atoms with Gasteiger partial charge in [0.05, 0.1) is 4.92 Å². The number of nitro groups is 1. The van der Waals surface area contributed by atoms with E-state index in [2.05, 4.69) is 10.9 Å². The molecule has 1 aliphatic rings. The summed E-state index contributed by atoms with van der Waals surface area (Å²) in [6.07, 6.45) is 2.58. The molecule has 2 heterocycles. The number of hydrogen-bond acceptors (Lipinski definition) is 7. The molecular formula is C16H18N4O5S2. The summed E-state index contributed by atoms with van der Waals surface area (Å²) in [5.41, 5.74) is 4.74. The average Bonchev–Trinajstić information content (AvgIpc) is 3.18. The number of sulfonamides is 1. The van der Waals surface area contributed by atoms with E-state index in [0.717, 1.165) is 30.6 Å². The lowest BCUT2D eigenvalue weighted by atomic mass is 10.2. The van der Waals surface area contributed by atoms with Gasteiger partial charge >= 0.3 is 0 Å². The van der Waals surface area contributed by atoms with Crippen molar-refractivity contribution >= 4 is 38.6 Å². The minimum Gasteiger partial charge on any atom is -0.292 e. The molecule has 11 heteroatoms. The van der Waals surface area contributed by atoms with Crippen molar-refractivity contribution in [2.75, 3.05) is 18.5 Å². The first-order valence-electron chi connectivity index (χ1n) is 8.28. The number of carbonyl (C=O) groups is 1. The third-order valence-corrected chi connectivity index (χ3v) is 7.16. The van der Waals surface area contributed by atoms with Gasteiger partial charge in [0.1, 0.15) is 15.5 Å². The van der Waals surface area contributed by atoms with Gasteiger partial charge in [0.2, 0.25) is 10.0 Å². The average molecular weight is 410 g/mol. The van der Waals surface area contributed by atoms with E-state index in [1.807, 2.05) is 0 Å². The number of piperidine rings is 1. The van der Waals surface area contributed by atoms with Crippen LogP contribution in [0, 0.1) is 10.1 Å². The number of nitrogens with one attached hydrogen (secondary N) is 2. The molecule has 1 amide bonds. The summed E-state index contributed by atoms with van der Waals surface area (Å²) in [5, 5.41) is 12.6. The van der Waals surface area contributed by atoms with Gasteiger partial charge in [-0.2, -0.15) is 4.31 Å². The largest absolute Gasteiger partial charge is 0.294 e. The van der Waals surface area contributed by atoms with Gasteiger partial charge in [-0.15, -0.1) is 11.3 Å². The van der Waals surface area contributed by atoms with Crippen LogP contribution in [0.3, 0.4) is 0 Å². The molecule has 3 rings (SSSR count). The van der Waals surface area contributed by atoms with E-state index in [1.54, 1.807) is 6.07 Å². The van der Waals surface area contributed by atoms with Crippen LogP contribution in [0.5, 0.6) is 0 Å². The molecule has 2 N–H and O–H groups in total. The molecule has 0 saturated carbocycles.